The highest BCUT2D eigenvalue weighted by atomic mass is 35.5. The number of hydrogen-bond donors (Lipinski definition) is 3. The molecule has 3 N–H and O–H groups in total. The summed E-state index contributed by atoms with van der Waals surface area (Å²) in [5.41, 5.74) is 4.75. The molecular weight excluding hydrogens is 502 g/mol. The van der Waals surface area contributed by atoms with Gasteiger partial charge in [-0.1, -0.05) is 35.4 Å². The third-order valence-corrected chi connectivity index (χ3v) is 6.90. The number of methoxy groups -OCH3 is 1. The van der Waals surface area contributed by atoms with Crippen molar-refractivity contribution in [2.24, 2.45) is 0 Å². The zero-order chi connectivity index (χ0) is 26.6. The van der Waals surface area contributed by atoms with Crippen LogP contribution in [0.5, 0.6) is 5.75 Å². The van der Waals surface area contributed by atoms with Crippen LogP contribution in [-0.4, -0.2) is 52.9 Å². The van der Waals surface area contributed by atoms with Crippen LogP contribution in [0, 0.1) is 23.7 Å². The third kappa shape index (κ3) is 4.79. The number of benzene rings is 1. The second-order valence-corrected chi connectivity index (χ2v) is 9.31. The number of nitrogens with zero attached hydrogens (tertiary/aromatic N) is 2. The predicted octanol–water partition coefficient (Wildman–Crippen LogP) is 4.13. The normalized spacial score (nSPS) is 15.9. The summed E-state index contributed by atoms with van der Waals surface area (Å²) in [5.74, 6) is 11.9. The first-order chi connectivity index (χ1) is 18.5. The van der Waals surface area contributed by atoms with E-state index in [0.29, 0.717) is 58.5 Å². The fourth-order valence-corrected chi connectivity index (χ4v) is 5.12. The van der Waals surface area contributed by atoms with Crippen LogP contribution in [0.1, 0.15) is 41.4 Å². The second kappa shape index (κ2) is 10.9. The van der Waals surface area contributed by atoms with Gasteiger partial charge in [-0.15, -0.1) is 0 Å². The maximum Gasteiger partial charge on any atom is 0.299 e. The number of likely N-dealkylation sites (tertiary alicyclic amines) is 1. The third-order valence-electron chi connectivity index (χ3n) is 6.61. The number of carbonyl (C=O) groups excluding carboxylic acids is 2. The Hall–Kier alpha value is -4.40. The van der Waals surface area contributed by atoms with E-state index in [0.717, 1.165) is 24.1 Å². The number of pyridine rings is 1. The number of rotatable bonds is 4. The van der Waals surface area contributed by atoms with E-state index in [1.165, 1.54) is 0 Å². The van der Waals surface area contributed by atoms with Crippen molar-refractivity contribution in [1.29, 1.82) is 0 Å². The number of amides is 2. The molecule has 1 atom stereocenters. The van der Waals surface area contributed by atoms with Crippen LogP contribution in [0.15, 0.2) is 36.7 Å². The van der Waals surface area contributed by atoms with Gasteiger partial charge >= 0.3 is 0 Å². The molecule has 8 nitrogen and oxygen atoms in total. The van der Waals surface area contributed by atoms with Gasteiger partial charge in [0.05, 0.1) is 46.4 Å². The van der Waals surface area contributed by atoms with Crippen molar-refractivity contribution >= 4 is 34.8 Å². The first-order valence-electron chi connectivity index (χ1n) is 12.3. The molecule has 2 aromatic heterocycles. The highest BCUT2D eigenvalue weighted by Crippen LogP contribution is 2.41. The molecule has 0 aliphatic carbocycles. The number of halogens is 1. The molecule has 1 aromatic carbocycles. The van der Waals surface area contributed by atoms with Crippen LogP contribution in [0.25, 0.3) is 11.3 Å². The Labute approximate surface area is 226 Å². The molecule has 0 saturated carbocycles. The topological polar surface area (TPSA) is 99.3 Å². The molecule has 0 radical (unpaired) electrons. The Morgan fingerprint density at radius 1 is 1.32 bits per heavy atom. The van der Waals surface area contributed by atoms with E-state index in [4.69, 9.17) is 16.3 Å². The summed E-state index contributed by atoms with van der Waals surface area (Å²) in [6.07, 6.45) is 5.71. The first-order valence-corrected chi connectivity index (χ1v) is 12.7. The van der Waals surface area contributed by atoms with Crippen molar-refractivity contribution in [3.8, 4) is 40.7 Å². The highest BCUT2D eigenvalue weighted by molar-refractivity contribution is 6.32. The number of fused-ring (bicyclic) bond motifs is 1. The van der Waals surface area contributed by atoms with E-state index in [1.807, 2.05) is 18.2 Å². The Kier molecular flexibility index (Phi) is 7.26. The maximum atomic E-state index is 13.0. The number of carbonyl (C=O) groups is 2. The van der Waals surface area contributed by atoms with Gasteiger partial charge in [0.25, 0.3) is 11.8 Å². The molecule has 192 valence electrons. The zero-order valence-electron chi connectivity index (χ0n) is 21.1. The Bertz CT molecular complexity index is 1540. The average Bonchev–Trinajstić information content (AvgIpc) is 3.53. The highest BCUT2D eigenvalue weighted by Gasteiger charge is 2.29. The molecule has 3 aromatic rings. The Morgan fingerprint density at radius 2 is 2.18 bits per heavy atom. The van der Waals surface area contributed by atoms with E-state index >= 15 is 0 Å². The smallest absolute Gasteiger partial charge is 0.299 e. The number of hydrogen-bond acceptors (Lipinski definition) is 5. The lowest BCUT2D eigenvalue weighted by atomic mass is 10.0. The molecule has 2 aliphatic rings. The van der Waals surface area contributed by atoms with Gasteiger partial charge < -0.3 is 25.3 Å². The second-order valence-electron chi connectivity index (χ2n) is 8.90. The maximum absolute atomic E-state index is 13.0. The minimum absolute atomic E-state index is 0.170. The molecule has 1 saturated heterocycles. The van der Waals surface area contributed by atoms with Crippen LogP contribution in [0.4, 0.5) is 11.4 Å². The zero-order valence-corrected chi connectivity index (χ0v) is 21.8. The fraction of sp³-hybridized carbons (Fsp3) is 0.276. The van der Waals surface area contributed by atoms with Gasteiger partial charge in [0, 0.05) is 43.2 Å². The van der Waals surface area contributed by atoms with Crippen molar-refractivity contribution < 1.29 is 14.3 Å². The minimum Gasteiger partial charge on any atom is -0.493 e. The van der Waals surface area contributed by atoms with E-state index in [2.05, 4.69) is 44.3 Å². The summed E-state index contributed by atoms with van der Waals surface area (Å²) >= 11 is 6.37. The van der Waals surface area contributed by atoms with Crippen molar-refractivity contribution in [3.63, 3.8) is 0 Å². The molecule has 0 bridgehead atoms. The summed E-state index contributed by atoms with van der Waals surface area (Å²) < 4.78 is 5.53. The average molecular weight is 528 g/mol. The van der Waals surface area contributed by atoms with E-state index in [9.17, 15) is 9.59 Å². The minimum atomic E-state index is -0.215. The van der Waals surface area contributed by atoms with Gasteiger partial charge in [0.15, 0.2) is 5.75 Å². The largest absolute Gasteiger partial charge is 0.493 e. The van der Waals surface area contributed by atoms with Gasteiger partial charge in [0.2, 0.25) is 0 Å². The number of nitrogens with one attached hydrogen (secondary N) is 3. The van der Waals surface area contributed by atoms with Gasteiger partial charge in [-0.3, -0.25) is 14.6 Å². The predicted molar refractivity (Wildman–Crippen MR) is 146 cm³/mol. The van der Waals surface area contributed by atoms with Crippen LogP contribution in [-0.2, 0) is 11.2 Å². The lowest BCUT2D eigenvalue weighted by Crippen LogP contribution is -2.33. The molecule has 1 fully saturated rings. The molecule has 2 aliphatic heterocycles. The standard InChI is InChI=1S/C29H26ClN5O3/c1-3-6-24(36)35-16-5-7-19(35)11-10-18-17-31-14-12-20(18)26-27(25-22(33-26)13-15-32-29(25)37)34-23-9-4-8-21(30)28(23)38-2/h4,8-9,12,14,17,19,33-34H,5,7,13,15-16H2,1-2H3,(H,32,37). The van der Waals surface area contributed by atoms with Crippen molar-refractivity contribution in [2.75, 3.05) is 25.5 Å². The van der Waals surface area contributed by atoms with Crippen molar-refractivity contribution in [3.05, 3.63) is 58.5 Å². The van der Waals surface area contributed by atoms with Crippen molar-refractivity contribution in [1.82, 2.24) is 20.2 Å². The first kappa shape index (κ1) is 25.3. The van der Waals surface area contributed by atoms with Crippen LogP contribution >= 0.6 is 11.6 Å². The number of ether oxygens (including phenoxy) is 1. The molecule has 5 rings (SSSR count). The molecule has 1 unspecified atom stereocenters. The fourth-order valence-electron chi connectivity index (χ4n) is 4.87. The van der Waals surface area contributed by atoms with Crippen LogP contribution in [0.3, 0.4) is 0 Å². The quantitative estimate of drug-likeness (QED) is 0.443. The lowest BCUT2D eigenvalue weighted by molar-refractivity contribution is -0.125. The number of para-hydroxylation sites is 1. The molecule has 2 amide bonds. The van der Waals surface area contributed by atoms with Gasteiger partial charge in [-0.2, -0.15) is 0 Å². The van der Waals surface area contributed by atoms with E-state index in [1.54, 1.807) is 37.4 Å². The summed E-state index contributed by atoms with van der Waals surface area (Å²) in [5, 5.41) is 6.77. The van der Waals surface area contributed by atoms with E-state index < -0.39 is 0 Å². The van der Waals surface area contributed by atoms with Crippen LogP contribution < -0.4 is 15.4 Å². The summed E-state index contributed by atoms with van der Waals surface area (Å²) in [6.45, 7) is 2.83. The molecule has 4 heterocycles. The number of H-pyrrole nitrogens is 1. The van der Waals surface area contributed by atoms with Crippen molar-refractivity contribution in [2.45, 2.75) is 32.2 Å². The van der Waals surface area contributed by atoms with E-state index in [-0.39, 0.29) is 17.9 Å². The number of aromatic nitrogens is 2. The Morgan fingerprint density at radius 3 is 3.00 bits per heavy atom. The summed E-state index contributed by atoms with van der Waals surface area (Å²) in [7, 11) is 1.55. The molecule has 9 heteroatoms. The summed E-state index contributed by atoms with van der Waals surface area (Å²) in [6, 6.07) is 7.04. The number of aromatic amines is 1. The summed E-state index contributed by atoms with van der Waals surface area (Å²) in [4.78, 5) is 34.8. The van der Waals surface area contributed by atoms with Gasteiger partial charge in [-0.05, 0) is 43.9 Å². The number of anilines is 2. The molecule has 38 heavy (non-hydrogen) atoms. The molecular formula is C29H26ClN5O3. The monoisotopic (exact) mass is 527 g/mol. The van der Waals surface area contributed by atoms with Gasteiger partial charge in [0.1, 0.15) is 0 Å². The molecule has 0 spiro atoms. The SMILES string of the molecule is CC#CC(=O)N1CCCC1C#Cc1cnccc1-c1[nH]c2c(c1Nc1cccc(Cl)c1OC)C(=O)NCC2. The lowest BCUT2D eigenvalue weighted by Gasteiger charge is -2.17. The van der Waals surface area contributed by atoms with Gasteiger partial charge in [-0.25, -0.2) is 0 Å². The van der Waals surface area contributed by atoms with Crippen LogP contribution in [0.2, 0.25) is 5.02 Å². The Balaban J connectivity index is 1.59.